The van der Waals surface area contributed by atoms with Crippen LogP contribution in [-0.4, -0.2) is 46.5 Å². The Morgan fingerprint density at radius 3 is 3.22 bits per heavy atom. The zero-order valence-corrected chi connectivity index (χ0v) is 10.2. The number of nitrogens with zero attached hydrogens (tertiary/aromatic N) is 3. The summed E-state index contributed by atoms with van der Waals surface area (Å²) in [7, 11) is 1.79. The summed E-state index contributed by atoms with van der Waals surface area (Å²) < 4.78 is 5.58. The molecule has 1 fully saturated rings. The minimum Gasteiger partial charge on any atom is -0.376 e. The van der Waals surface area contributed by atoms with Gasteiger partial charge in [0.25, 0.3) is 0 Å². The normalized spacial score (nSPS) is 19.3. The molecule has 1 atom stereocenters. The molecule has 3 heterocycles. The molecule has 0 amide bonds. The summed E-state index contributed by atoms with van der Waals surface area (Å²) in [5.74, 6) is 1.36. The number of anilines is 2. The van der Waals surface area contributed by atoms with E-state index in [4.69, 9.17) is 4.74 Å². The third-order valence-corrected chi connectivity index (χ3v) is 3.05. The maximum Gasteiger partial charge on any atom is 0.226 e. The van der Waals surface area contributed by atoms with E-state index in [9.17, 15) is 0 Å². The Morgan fingerprint density at radius 2 is 2.44 bits per heavy atom. The van der Waals surface area contributed by atoms with E-state index < -0.39 is 0 Å². The summed E-state index contributed by atoms with van der Waals surface area (Å²) in [4.78, 5) is 8.69. The number of rotatable bonds is 4. The largest absolute Gasteiger partial charge is 0.376 e. The van der Waals surface area contributed by atoms with E-state index in [0.29, 0.717) is 5.95 Å². The lowest BCUT2D eigenvalue weighted by Gasteiger charge is -2.12. The minimum atomic E-state index is 0.278. The lowest BCUT2D eigenvalue weighted by Crippen LogP contribution is -2.19. The fourth-order valence-corrected chi connectivity index (χ4v) is 2.10. The van der Waals surface area contributed by atoms with Crippen LogP contribution >= 0.6 is 0 Å². The van der Waals surface area contributed by atoms with Gasteiger partial charge in [-0.05, 0) is 12.8 Å². The number of hydrogen-bond acceptors (Lipinski definition) is 6. The first-order chi connectivity index (χ1) is 8.86. The Morgan fingerprint density at radius 1 is 1.50 bits per heavy atom. The molecule has 2 aromatic rings. The van der Waals surface area contributed by atoms with Crippen LogP contribution < -0.4 is 10.6 Å². The van der Waals surface area contributed by atoms with Crippen LogP contribution in [0.4, 0.5) is 11.8 Å². The molecule has 0 bridgehead atoms. The first-order valence-corrected chi connectivity index (χ1v) is 6.11. The van der Waals surface area contributed by atoms with Crippen molar-refractivity contribution >= 4 is 22.8 Å². The smallest absolute Gasteiger partial charge is 0.226 e. The summed E-state index contributed by atoms with van der Waals surface area (Å²) in [6.45, 7) is 1.62. The van der Waals surface area contributed by atoms with E-state index >= 15 is 0 Å². The number of ether oxygens (including phenoxy) is 1. The van der Waals surface area contributed by atoms with Gasteiger partial charge in [-0.1, -0.05) is 0 Å². The Labute approximate surface area is 104 Å². The van der Waals surface area contributed by atoms with Crippen LogP contribution in [0.5, 0.6) is 0 Å². The monoisotopic (exact) mass is 248 g/mol. The second kappa shape index (κ2) is 4.77. The summed E-state index contributed by atoms with van der Waals surface area (Å²) in [5, 5.41) is 14.0. The second-order valence-corrected chi connectivity index (χ2v) is 4.29. The molecule has 3 rings (SSSR count). The topological polar surface area (TPSA) is 87.8 Å². The van der Waals surface area contributed by atoms with Crippen LogP contribution in [0.2, 0.25) is 0 Å². The predicted molar refractivity (Wildman–Crippen MR) is 68.7 cm³/mol. The van der Waals surface area contributed by atoms with Gasteiger partial charge in [0, 0.05) is 20.2 Å². The van der Waals surface area contributed by atoms with Crippen LogP contribution in [0.25, 0.3) is 11.0 Å². The number of H-pyrrole nitrogens is 1. The zero-order chi connectivity index (χ0) is 12.4. The highest BCUT2D eigenvalue weighted by atomic mass is 16.5. The molecule has 1 aliphatic heterocycles. The van der Waals surface area contributed by atoms with Crippen molar-refractivity contribution in [1.82, 2.24) is 20.2 Å². The van der Waals surface area contributed by atoms with E-state index in [-0.39, 0.29) is 6.10 Å². The average Bonchev–Trinajstić information content (AvgIpc) is 3.06. The van der Waals surface area contributed by atoms with Crippen molar-refractivity contribution in [2.24, 2.45) is 0 Å². The molecule has 96 valence electrons. The van der Waals surface area contributed by atoms with Crippen molar-refractivity contribution in [3.63, 3.8) is 0 Å². The maximum absolute atomic E-state index is 5.58. The van der Waals surface area contributed by atoms with Crippen LogP contribution in [0.3, 0.4) is 0 Å². The third-order valence-electron chi connectivity index (χ3n) is 3.05. The molecule has 18 heavy (non-hydrogen) atoms. The molecule has 0 aromatic carbocycles. The van der Waals surface area contributed by atoms with Crippen LogP contribution in [-0.2, 0) is 4.74 Å². The molecule has 3 N–H and O–H groups in total. The Kier molecular flexibility index (Phi) is 2.97. The number of hydrogen-bond donors (Lipinski definition) is 3. The van der Waals surface area contributed by atoms with Gasteiger partial charge in [0.05, 0.1) is 17.7 Å². The van der Waals surface area contributed by atoms with Crippen molar-refractivity contribution in [3.05, 3.63) is 6.20 Å². The van der Waals surface area contributed by atoms with Gasteiger partial charge >= 0.3 is 0 Å². The molecule has 0 spiro atoms. The summed E-state index contributed by atoms with van der Waals surface area (Å²) in [6.07, 6.45) is 4.25. The van der Waals surface area contributed by atoms with Gasteiger partial charge in [0.1, 0.15) is 5.82 Å². The highest BCUT2D eigenvalue weighted by Gasteiger charge is 2.16. The van der Waals surface area contributed by atoms with Crippen molar-refractivity contribution < 1.29 is 4.74 Å². The van der Waals surface area contributed by atoms with Crippen molar-refractivity contribution in [3.8, 4) is 0 Å². The lowest BCUT2D eigenvalue weighted by molar-refractivity contribution is 0.120. The summed E-state index contributed by atoms with van der Waals surface area (Å²) in [6, 6.07) is 0. The van der Waals surface area contributed by atoms with Gasteiger partial charge in [-0.2, -0.15) is 15.1 Å². The summed E-state index contributed by atoms with van der Waals surface area (Å²) in [5.41, 5.74) is 0.726. The first-order valence-electron chi connectivity index (χ1n) is 6.11. The van der Waals surface area contributed by atoms with Crippen molar-refractivity contribution in [2.75, 3.05) is 30.8 Å². The number of fused-ring (bicyclic) bond motifs is 1. The Balaban J connectivity index is 1.82. The molecule has 1 aliphatic rings. The highest BCUT2D eigenvalue weighted by molar-refractivity contribution is 5.86. The molecular weight excluding hydrogens is 232 g/mol. The SMILES string of the molecule is CNc1nc(NCC2CCCO2)c2cn[nH]c2n1. The Bertz CT molecular complexity index is 533. The molecule has 0 radical (unpaired) electrons. The lowest BCUT2D eigenvalue weighted by atomic mass is 10.2. The van der Waals surface area contributed by atoms with E-state index in [2.05, 4.69) is 30.8 Å². The van der Waals surface area contributed by atoms with Gasteiger partial charge in [-0.3, -0.25) is 5.10 Å². The van der Waals surface area contributed by atoms with E-state index in [0.717, 1.165) is 42.8 Å². The summed E-state index contributed by atoms with van der Waals surface area (Å²) >= 11 is 0. The van der Waals surface area contributed by atoms with E-state index in [1.807, 2.05) is 0 Å². The van der Waals surface area contributed by atoms with Gasteiger partial charge in [-0.15, -0.1) is 0 Å². The second-order valence-electron chi connectivity index (χ2n) is 4.29. The molecule has 2 aromatic heterocycles. The van der Waals surface area contributed by atoms with E-state index in [1.54, 1.807) is 13.2 Å². The number of aromatic amines is 1. The quantitative estimate of drug-likeness (QED) is 0.747. The minimum absolute atomic E-state index is 0.278. The molecule has 7 nitrogen and oxygen atoms in total. The predicted octanol–water partition coefficient (Wildman–Crippen LogP) is 0.985. The van der Waals surface area contributed by atoms with Crippen molar-refractivity contribution in [2.45, 2.75) is 18.9 Å². The fourth-order valence-electron chi connectivity index (χ4n) is 2.10. The van der Waals surface area contributed by atoms with Crippen LogP contribution in [0, 0.1) is 0 Å². The standard InChI is InChI=1S/C11H16N6O/c1-12-11-15-9(8-6-14-17-10(8)16-11)13-5-7-3-2-4-18-7/h6-7H,2-5H2,1H3,(H3,12,13,14,15,16,17). The highest BCUT2D eigenvalue weighted by Crippen LogP contribution is 2.20. The molecular formula is C11H16N6O. The maximum atomic E-state index is 5.58. The van der Waals surface area contributed by atoms with E-state index in [1.165, 1.54) is 0 Å². The molecule has 1 unspecified atom stereocenters. The number of nitrogens with one attached hydrogen (secondary N) is 3. The van der Waals surface area contributed by atoms with Gasteiger partial charge < -0.3 is 15.4 Å². The van der Waals surface area contributed by atoms with Crippen LogP contribution in [0.15, 0.2) is 6.20 Å². The molecule has 0 saturated carbocycles. The van der Waals surface area contributed by atoms with Gasteiger partial charge in [-0.25, -0.2) is 0 Å². The van der Waals surface area contributed by atoms with Gasteiger partial charge in [0.15, 0.2) is 5.65 Å². The number of aromatic nitrogens is 4. The molecule has 1 saturated heterocycles. The zero-order valence-electron chi connectivity index (χ0n) is 10.2. The average molecular weight is 248 g/mol. The first kappa shape index (κ1) is 11.2. The third kappa shape index (κ3) is 2.08. The molecule has 0 aliphatic carbocycles. The Hall–Kier alpha value is -1.89. The fraction of sp³-hybridized carbons (Fsp3) is 0.545. The van der Waals surface area contributed by atoms with Crippen LogP contribution in [0.1, 0.15) is 12.8 Å². The molecule has 7 heteroatoms. The van der Waals surface area contributed by atoms with Gasteiger partial charge in [0.2, 0.25) is 5.95 Å². The van der Waals surface area contributed by atoms with Crippen molar-refractivity contribution in [1.29, 1.82) is 0 Å².